The van der Waals surface area contributed by atoms with Gasteiger partial charge in [0.25, 0.3) is 5.91 Å². The Balaban J connectivity index is 1.63. The van der Waals surface area contributed by atoms with E-state index in [1.807, 2.05) is 31.2 Å². The number of nitrogens with zero attached hydrogens (tertiary/aromatic N) is 4. The van der Waals surface area contributed by atoms with Crippen molar-refractivity contribution in [3.8, 4) is 11.3 Å². The number of fused-ring (bicyclic) bond motifs is 1. The van der Waals surface area contributed by atoms with E-state index in [0.29, 0.717) is 23.5 Å². The van der Waals surface area contributed by atoms with Crippen molar-refractivity contribution in [2.24, 2.45) is 5.73 Å². The quantitative estimate of drug-likeness (QED) is 0.681. The molecule has 1 aliphatic carbocycles. The second-order valence-electron chi connectivity index (χ2n) is 6.97. The lowest BCUT2D eigenvalue weighted by Gasteiger charge is -2.29. The molecule has 146 valence electrons. The van der Waals surface area contributed by atoms with Crippen molar-refractivity contribution < 1.29 is 9.53 Å². The molecule has 0 spiro atoms. The first kappa shape index (κ1) is 18.4. The van der Waals surface area contributed by atoms with Gasteiger partial charge >= 0.3 is 0 Å². The highest BCUT2D eigenvalue weighted by molar-refractivity contribution is 5.98. The van der Waals surface area contributed by atoms with E-state index in [-0.39, 0.29) is 5.69 Å². The molecule has 0 unspecified atom stereocenters. The van der Waals surface area contributed by atoms with Gasteiger partial charge in [-0.15, -0.1) is 5.10 Å². The molecule has 0 saturated heterocycles. The van der Waals surface area contributed by atoms with E-state index in [1.165, 1.54) is 0 Å². The van der Waals surface area contributed by atoms with Crippen LogP contribution in [0.4, 0.5) is 5.82 Å². The molecule has 3 heterocycles. The number of hydrogen-bond donors (Lipinski definition) is 2. The van der Waals surface area contributed by atoms with Crippen LogP contribution < -0.4 is 11.1 Å². The highest BCUT2D eigenvalue weighted by Crippen LogP contribution is 2.26. The van der Waals surface area contributed by atoms with Crippen LogP contribution in [0.5, 0.6) is 0 Å². The maximum absolute atomic E-state index is 11.9. The third-order valence-corrected chi connectivity index (χ3v) is 5.09. The second-order valence-corrected chi connectivity index (χ2v) is 6.97. The predicted molar refractivity (Wildman–Crippen MR) is 106 cm³/mol. The average molecular weight is 380 g/mol. The molecule has 1 aliphatic rings. The number of nitrogens with one attached hydrogen (secondary N) is 1. The molecule has 0 bridgehead atoms. The number of aromatic nitrogens is 4. The molecular weight excluding hydrogens is 356 g/mol. The van der Waals surface area contributed by atoms with Crippen LogP contribution in [0.1, 0.15) is 43.1 Å². The summed E-state index contributed by atoms with van der Waals surface area (Å²) < 4.78 is 7.39. The minimum Gasteiger partial charge on any atom is -0.379 e. The van der Waals surface area contributed by atoms with Gasteiger partial charge in [0.1, 0.15) is 11.5 Å². The first-order valence-corrected chi connectivity index (χ1v) is 9.64. The summed E-state index contributed by atoms with van der Waals surface area (Å²) in [6, 6.07) is 7.71. The Morgan fingerprint density at radius 2 is 1.96 bits per heavy atom. The van der Waals surface area contributed by atoms with Crippen molar-refractivity contribution in [2.45, 2.75) is 44.8 Å². The van der Waals surface area contributed by atoms with Crippen molar-refractivity contribution in [1.82, 2.24) is 19.6 Å². The second kappa shape index (κ2) is 7.93. The molecule has 0 aromatic carbocycles. The Morgan fingerprint density at radius 1 is 1.21 bits per heavy atom. The fraction of sp³-hybridized carbons (Fsp3) is 0.400. The first-order chi connectivity index (χ1) is 13.7. The lowest BCUT2D eigenvalue weighted by molar-refractivity contribution is 0.0346. The zero-order chi connectivity index (χ0) is 19.5. The van der Waals surface area contributed by atoms with Gasteiger partial charge in [0.15, 0.2) is 11.3 Å². The number of pyridine rings is 1. The monoisotopic (exact) mass is 380 g/mol. The van der Waals surface area contributed by atoms with Crippen LogP contribution in [0.25, 0.3) is 16.9 Å². The number of primary amides is 1. The molecule has 3 aromatic rings. The van der Waals surface area contributed by atoms with Crippen LogP contribution in [0, 0.1) is 0 Å². The van der Waals surface area contributed by atoms with E-state index in [0.717, 1.165) is 43.7 Å². The summed E-state index contributed by atoms with van der Waals surface area (Å²) in [5, 5.41) is 8.20. The Kier molecular flexibility index (Phi) is 5.21. The van der Waals surface area contributed by atoms with Crippen molar-refractivity contribution in [1.29, 1.82) is 0 Å². The van der Waals surface area contributed by atoms with E-state index >= 15 is 0 Å². The number of imidazole rings is 1. The lowest BCUT2D eigenvalue weighted by Crippen LogP contribution is -2.30. The van der Waals surface area contributed by atoms with E-state index in [2.05, 4.69) is 20.4 Å². The Labute approximate surface area is 163 Å². The first-order valence-electron chi connectivity index (χ1n) is 9.64. The van der Waals surface area contributed by atoms with E-state index in [9.17, 15) is 4.79 Å². The third-order valence-electron chi connectivity index (χ3n) is 5.09. The molecule has 8 heteroatoms. The summed E-state index contributed by atoms with van der Waals surface area (Å²) in [5.74, 6) is 0.164. The van der Waals surface area contributed by atoms with Gasteiger partial charge in [-0.05, 0) is 56.9 Å². The summed E-state index contributed by atoms with van der Waals surface area (Å²) in [4.78, 5) is 20.3. The van der Waals surface area contributed by atoms with Crippen molar-refractivity contribution in [2.75, 3.05) is 11.9 Å². The molecule has 0 radical (unpaired) electrons. The van der Waals surface area contributed by atoms with E-state index < -0.39 is 5.91 Å². The van der Waals surface area contributed by atoms with Gasteiger partial charge in [0.05, 0.1) is 6.10 Å². The molecule has 0 aliphatic heterocycles. The Bertz CT molecular complexity index is 963. The van der Waals surface area contributed by atoms with Crippen LogP contribution in [0.2, 0.25) is 0 Å². The standard InChI is InChI=1S/C20H24N6O2/c1-2-28-15-5-3-14(4-6-15)23-16-7-8-17-24-18(20(21)27)19(26(17)25-16)13-9-11-22-12-10-13/h7-12,14-15H,2-6H2,1H3,(H2,21,27)(H,23,25)/t14-,15-. The maximum atomic E-state index is 11.9. The van der Waals surface area contributed by atoms with Crippen LogP contribution in [0.3, 0.4) is 0 Å². The summed E-state index contributed by atoms with van der Waals surface area (Å²) in [7, 11) is 0. The fourth-order valence-electron chi connectivity index (χ4n) is 3.77. The summed E-state index contributed by atoms with van der Waals surface area (Å²) in [5.41, 5.74) is 7.70. The van der Waals surface area contributed by atoms with Gasteiger partial charge in [-0.3, -0.25) is 9.78 Å². The highest BCUT2D eigenvalue weighted by atomic mass is 16.5. The van der Waals surface area contributed by atoms with Crippen LogP contribution in [-0.2, 0) is 4.74 Å². The van der Waals surface area contributed by atoms with Gasteiger partial charge < -0.3 is 15.8 Å². The molecule has 3 aromatic heterocycles. The zero-order valence-electron chi connectivity index (χ0n) is 15.8. The number of carbonyl (C=O) groups is 1. The SMILES string of the molecule is CCO[C@H]1CC[C@H](Nc2ccc3nc(C(N)=O)c(-c4ccncc4)n3n2)CC1. The molecule has 1 fully saturated rings. The smallest absolute Gasteiger partial charge is 0.269 e. The molecule has 1 amide bonds. The summed E-state index contributed by atoms with van der Waals surface area (Å²) in [6.07, 6.45) is 7.87. The zero-order valence-corrected chi connectivity index (χ0v) is 15.8. The Hall–Kier alpha value is -3.00. The lowest BCUT2D eigenvalue weighted by atomic mass is 9.93. The van der Waals surface area contributed by atoms with Gasteiger partial charge in [0, 0.05) is 30.6 Å². The van der Waals surface area contributed by atoms with Gasteiger partial charge in [-0.25, -0.2) is 9.50 Å². The molecule has 28 heavy (non-hydrogen) atoms. The number of ether oxygens (including phenoxy) is 1. The number of anilines is 1. The molecule has 4 rings (SSSR count). The van der Waals surface area contributed by atoms with E-state index in [1.54, 1.807) is 16.9 Å². The van der Waals surface area contributed by atoms with Gasteiger partial charge in [0.2, 0.25) is 0 Å². The van der Waals surface area contributed by atoms with Crippen LogP contribution >= 0.6 is 0 Å². The van der Waals surface area contributed by atoms with Crippen molar-refractivity contribution in [3.05, 3.63) is 42.4 Å². The number of rotatable bonds is 6. The molecule has 3 N–H and O–H groups in total. The predicted octanol–water partition coefficient (Wildman–Crippen LogP) is 2.65. The minimum atomic E-state index is -0.582. The number of nitrogens with two attached hydrogens (primary N) is 1. The maximum Gasteiger partial charge on any atom is 0.269 e. The average Bonchev–Trinajstić information content (AvgIpc) is 3.09. The van der Waals surface area contributed by atoms with Crippen LogP contribution in [0.15, 0.2) is 36.7 Å². The third kappa shape index (κ3) is 3.68. The molecule has 1 saturated carbocycles. The molecular formula is C20H24N6O2. The highest BCUT2D eigenvalue weighted by Gasteiger charge is 2.23. The van der Waals surface area contributed by atoms with Gasteiger partial charge in [-0.1, -0.05) is 0 Å². The van der Waals surface area contributed by atoms with E-state index in [4.69, 9.17) is 10.5 Å². The number of carbonyl (C=O) groups excluding carboxylic acids is 1. The Morgan fingerprint density at radius 3 is 2.64 bits per heavy atom. The molecule has 0 atom stereocenters. The topological polar surface area (TPSA) is 107 Å². The number of amides is 1. The van der Waals surface area contributed by atoms with Crippen molar-refractivity contribution in [3.63, 3.8) is 0 Å². The fourth-order valence-corrected chi connectivity index (χ4v) is 3.77. The minimum absolute atomic E-state index is 0.202. The summed E-state index contributed by atoms with van der Waals surface area (Å²) in [6.45, 7) is 2.80. The van der Waals surface area contributed by atoms with Crippen molar-refractivity contribution >= 4 is 17.4 Å². The number of hydrogen-bond acceptors (Lipinski definition) is 6. The van der Waals surface area contributed by atoms with Crippen LogP contribution in [-0.4, -0.2) is 44.2 Å². The normalized spacial score (nSPS) is 19.6. The largest absolute Gasteiger partial charge is 0.379 e. The molecule has 8 nitrogen and oxygen atoms in total. The van der Waals surface area contributed by atoms with Gasteiger partial charge in [-0.2, -0.15) is 0 Å². The summed E-state index contributed by atoms with van der Waals surface area (Å²) >= 11 is 0.